The predicted octanol–water partition coefficient (Wildman–Crippen LogP) is 3.08. The van der Waals surface area contributed by atoms with Crippen LogP contribution in [0.2, 0.25) is 0 Å². The molecule has 1 heterocycles. The van der Waals surface area contributed by atoms with Gasteiger partial charge in [-0.25, -0.2) is 0 Å². The van der Waals surface area contributed by atoms with E-state index >= 15 is 0 Å². The van der Waals surface area contributed by atoms with Crippen molar-refractivity contribution in [1.29, 1.82) is 0 Å². The highest BCUT2D eigenvalue weighted by atomic mass is 127. The van der Waals surface area contributed by atoms with Gasteiger partial charge in [-0.2, -0.15) is 0 Å². The quantitative estimate of drug-likeness (QED) is 0.142. The third kappa shape index (κ3) is 9.76. The molecule has 2 aliphatic rings. The third-order valence-electron chi connectivity index (χ3n) is 5.70. The van der Waals surface area contributed by atoms with E-state index in [-0.39, 0.29) is 36.0 Å². The van der Waals surface area contributed by atoms with Gasteiger partial charge in [-0.15, -0.1) is 24.0 Å². The first kappa shape index (κ1) is 24.9. The Kier molecular flexibility index (Phi) is 13.7. The van der Waals surface area contributed by atoms with Crippen LogP contribution in [0.1, 0.15) is 64.2 Å². The summed E-state index contributed by atoms with van der Waals surface area (Å²) in [6.07, 6.45) is 12.3. The molecule has 160 valence electrons. The van der Waals surface area contributed by atoms with Crippen molar-refractivity contribution in [1.82, 2.24) is 10.6 Å². The van der Waals surface area contributed by atoms with Gasteiger partial charge in [-0.1, -0.05) is 25.7 Å². The van der Waals surface area contributed by atoms with Crippen molar-refractivity contribution < 1.29 is 14.6 Å². The molecular weight excluding hydrogens is 457 g/mol. The van der Waals surface area contributed by atoms with Gasteiger partial charge in [0.25, 0.3) is 0 Å². The van der Waals surface area contributed by atoms with Crippen molar-refractivity contribution >= 4 is 29.9 Å². The van der Waals surface area contributed by atoms with Crippen molar-refractivity contribution in [3.8, 4) is 0 Å². The molecule has 0 bridgehead atoms. The molecule has 0 aromatic carbocycles. The van der Waals surface area contributed by atoms with E-state index < -0.39 is 0 Å². The van der Waals surface area contributed by atoms with Gasteiger partial charge in [0, 0.05) is 45.4 Å². The zero-order chi connectivity index (χ0) is 18.5. The minimum Gasteiger partial charge on any atom is -0.396 e. The highest BCUT2D eigenvalue weighted by Gasteiger charge is 2.34. The Morgan fingerprint density at radius 1 is 1.19 bits per heavy atom. The maximum Gasteiger partial charge on any atom is 0.190 e. The molecule has 27 heavy (non-hydrogen) atoms. The molecule has 1 saturated heterocycles. The number of rotatable bonds is 10. The number of hydrogen-bond donors (Lipinski definition) is 3. The molecular formula is C20H40IN3O3. The van der Waals surface area contributed by atoms with Crippen LogP contribution in [0.3, 0.4) is 0 Å². The fourth-order valence-corrected chi connectivity index (χ4v) is 3.90. The summed E-state index contributed by atoms with van der Waals surface area (Å²) < 4.78 is 11.6. The maximum atomic E-state index is 9.31. The average Bonchev–Trinajstić information content (AvgIpc) is 2.95. The minimum absolute atomic E-state index is 0. The highest BCUT2D eigenvalue weighted by molar-refractivity contribution is 14.0. The zero-order valence-corrected chi connectivity index (χ0v) is 19.3. The Labute approximate surface area is 182 Å². The Hall–Kier alpha value is -0.120. The van der Waals surface area contributed by atoms with Crippen molar-refractivity contribution in [2.45, 2.75) is 70.3 Å². The van der Waals surface area contributed by atoms with E-state index in [1.807, 2.05) is 0 Å². The molecule has 0 aromatic rings. The van der Waals surface area contributed by atoms with E-state index in [0.717, 1.165) is 64.6 Å². The lowest BCUT2D eigenvalue weighted by molar-refractivity contribution is 0.0411. The number of aliphatic imine (C=N–C) groups is 1. The topological polar surface area (TPSA) is 75.1 Å². The Balaban J connectivity index is 0.00000364. The second kappa shape index (κ2) is 14.8. The van der Waals surface area contributed by atoms with Crippen LogP contribution < -0.4 is 10.6 Å². The SMILES string of the molecule is CN=C(NCCCCOC1CCCCCC1)NCC1(CCO)CCOC1.I. The maximum absolute atomic E-state index is 9.31. The summed E-state index contributed by atoms with van der Waals surface area (Å²) in [6, 6.07) is 0. The van der Waals surface area contributed by atoms with Gasteiger partial charge in [-0.3, -0.25) is 4.99 Å². The molecule has 1 atom stereocenters. The Morgan fingerprint density at radius 3 is 2.59 bits per heavy atom. The number of guanidine groups is 1. The molecule has 2 fully saturated rings. The van der Waals surface area contributed by atoms with Crippen LogP contribution in [0, 0.1) is 5.41 Å². The number of aliphatic hydroxyl groups is 1. The first-order chi connectivity index (χ1) is 12.8. The summed E-state index contributed by atoms with van der Waals surface area (Å²) >= 11 is 0. The van der Waals surface area contributed by atoms with E-state index in [1.54, 1.807) is 7.05 Å². The van der Waals surface area contributed by atoms with E-state index in [2.05, 4.69) is 15.6 Å². The first-order valence-corrected chi connectivity index (χ1v) is 10.5. The van der Waals surface area contributed by atoms with Crippen molar-refractivity contribution in [2.24, 2.45) is 10.4 Å². The zero-order valence-electron chi connectivity index (χ0n) is 17.0. The second-order valence-electron chi connectivity index (χ2n) is 7.82. The molecule has 1 aliphatic heterocycles. The summed E-state index contributed by atoms with van der Waals surface area (Å²) in [6.45, 7) is 4.27. The van der Waals surface area contributed by atoms with E-state index in [1.165, 1.54) is 38.5 Å². The third-order valence-corrected chi connectivity index (χ3v) is 5.70. The molecule has 1 unspecified atom stereocenters. The van der Waals surface area contributed by atoms with Crippen LogP contribution in [0.25, 0.3) is 0 Å². The Bertz CT molecular complexity index is 396. The lowest BCUT2D eigenvalue weighted by Gasteiger charge is -2.27. The van der Waals surface area contributed by atoms with Gasteiger partial charge < -0.3 is 25.2 Å². The number of ether oxygens (including phenoxy) is 2. The Morgan fingerprint density at radius 2 is 1.96 bits per heavy atom. The average molecular weight is 497 g/mol. The molecule has 0 radical (unpaired) electrons. The number of unbranched alkanes of at least 4 members (excludes halogenated alkanes) is 1. The molecule has 0 amide bonds. The largest absolute Gasteiger partial charge is 0.396 e. The summed E-state index contributed by atoms with van der Waals surface area (Å²) in [5.41, 5.74) is 0.0406. The number of aliphatic hydroxyl groups excluding tert-OH is 1. The molecule has 1 saturated carbocycles. The van der Waals surface area contributed by atoms with Crippen LogP contribution in [0.5, 0.6) is 0 Å². The molecule has 6 nitrogen and oxygen atoms in total. The van der Waals surface area contributed by atoms with Crippen molar-refractivity contribution in [3.63, 3.8) is 0 Å². The van der Waals surface area contributed by atoms with E-state index in [0.29, 0.717) is 6.10 Å². The summed E-state index contributed by atoms with van der Waals surface area (Å²) in [4.78, 5) is 4.30. The van der Waals surface area contributed by atoms with Crippen LogP contribution >= 0.6 is 24.0 Å². The summed E-state index contributed by atoms with van der Waals surface area (Å²) in [7, 11) is 1.80. The molecule has 0 spiro atoms. The van der Waals surface area contributed by atoms with Gasteiger partial charge in [-0.05, 0) is 38.5 Å². The van der Waals surface area contributed by atoms with Crippen LogP contribution in [0.15, 0.2) is 4.99 Å². The minimum atomic E-state index is 0. The van der Waals surface area contributed by atoms with Gasteiger partial charge in [0.15, 0.2) is 5.96 Å². The fraction of sp³-hybridized carbons (Fsp3) is 0.950. The summed E-state index contributed by atoms with van der Waals surface area (Å²) in [5.74, 6) is 0.832. The van der Waals surface area contributed by atoms with Crippen molar-refractivity contribution in [3.05, 3.63) is 0 Å². The highest BCUT2D eigenvalue weighted by Crippen LogP contribution is 2.31. The number of hydrogen-bond acceptors (Lipinski definition) is 4. The summed E-state index contributed by atoms with van der Waals surface area (Å²) in [5, 5.41) is 16.1. The monoisotopic (exact) mass is 497 g/mol. The normalized spacial score (nSPS) is 24.3. The molecule has 7 heteroatoms. The van der Waals surface area contributed by atoms with Gasteiger partial charge >= 0.3 is 0 Å². The van der Waals surface area contributed by atoms with Crippen molar-refractivity contribution in [2.75, 3.05) is 46.6 Å². The van der Waals surface area contributed by atoms with E-state index in [4.69, 9.17) is 9.47 Å². The smallest absolute Gasteiger partial charge is 0.190 e. The number of nitrogens with one attached hydrogen (secondary N) is 2. The predicted molar refractivity (Wildman–Crippen MR) is 121 cm³/mol. The van der Waals surface area contributed by atoms with Gasteiger partial charge in [0.2, 0.25) is 0 Å². The van der Waals surface area contributed by atoms with Crippen LogP contribution in [0.4, 0.5) is 0 Å². The van der Waals surface area contributed by atoms with Gasteiger partial charge in [0.1, 0.15) is 0 Å². The number of nitrogens with zero attached hydrogens (tertiary/aromatic N) is 1. The van der Waals surface area contributed by atoms with Crippen LogP contribution in [-0.4, -0.2) is 63.7 Å². The molecule has 0 aromatic heterocycles. The van der Waals surface area contributed by atoms with Gasteiger partial charge in [0.05, 0.1) is 12.7 Å². The first-order valence-electron chi connectivity index (χ1n) is 10.5. The molecule has 1 aliphatic carbocycles. The standard InChI is InChI=1S/C20H39N3O3.HI/c1-21-19(23-16-20(10-13-24)11-15-25-17-20)22-12-6-7-14-26-18-8-4-2-3-5-9-18;/h18,24H,2-17H2,1H3,(H2,21,22,23);1H. The van der Waals surface area contributed by atoms with Crippen LogP contribution in [-0.2, 0) is 9.47 Å². The fourth-order valence-electron chi connectivity index (χ4n) is 3.90. The van der Waals surface area contributed by atoms with E-state index in [9.17, 15) is 5.11 Å². The number of halogens is 1. The molecule has 3 N–H and O–H groups in total. The lowest BCUT2D eigenvalue weighted by atomic mass is 9.84. The second-order valence-corrected chi connectivity index (χ2v) is 7.82. The lowest BCUT2D eigenvalue weighted by Crippen LogP contribution is -2.44. The molecule has 2 rings (SSSR count).